The molecular formula is C10H11ClO3. The van der Waals surface area contributed by atoms with Crippen molar-refractivity contribution in [3.63, 3.8) is 0 Å². The number of hydrogen-bond acceptors (Lipinski definition) is 3. The van der Waals surface area contributed by atoms with Gasteiger partial charge in [-0.1, -0.05) is 11.6 Å². The minimum absolute atomic E-state index is 0.0247. The van der Waals surface area contributed by atoms with Crippen molar-refractivity contribution in [2.45, 2.75) is 18.3 Å². The number of rotatable bonds is 2. The van der Waals surface area contributed by atoms with E-state index in [1.165, 1.54) is 12.1 Å². The standard InChI is InChI=1S/C10H11ClO3/c11-7-4-9(14)8(13)3-6(7)10(5-12)1-2-10/h3-4,12-14H,1-2,5H2. The largest absolute Gasteiger partial charge is 0.504 e. The summed E-state index contributed by atoms with van der Waals surface area (Å²) in [4.78, 5) is 0. The van der Waals surface area contributed by atoms with Crippen LogP contribution in [0.25, 0.3) is 0 Å². The number of benzene rings is 1. The molecule has 0 amide bonds. The van der Waals surface area contributed by atoms with E-state index in [4.69, 9.17) is 11.6 Å². The molecule has 0 radical (unpaired) electrons. The summed E-state index contributed by atoms with van der Waals surface area (Å²) in [6.07, 6.45) is 1.74. The maximum Gasteiger partial charge on any atom is 0.158 e. The summed E-state index contributed by atoms with van der Waals surface area (Å²) in [6.45, 7) is 0.0247. The van der Waals surface area contributed by atoms with Gasteiger partial charge in [-0.2, -0.15) is 0 Å². The number of halogens is 1. The zero-order valence-electron chi connectivity index (χ0n) is 7.50. The molecule has 0 saturated heterocycles. The molecule has 1 fully saturated rings. The zero-order valence-corrected chi connectivity index (χ0v) is 8.25. The molecule has 2 rings (SSSR count). The van der Waals surface area contributed by atoms with E-state index in [1.54, 1.807) is 0 Å². The van der Waals surface area contributed by atoms with Crippen LogP contribution in [0.15, 0.2) is 12.1 Å². The number of phenols is 2. The fourth-order valence-electron chi connectivity index (χ4n) is 1.62. The van der Waals surface area contributed by atoms with Gasteiger partial charge in [0.1, 0.15) is 0 Å². The molecule has 1 aromatic carbocycles. The van der Waals surface area contributed by atoms with E-state index >= 15 is 0 Å². The maximum atomic E-state index is 9.32. The van der Waals surface area contributed by atoms with Crippen LogP contribution in [-0.2, 0) is 5.41 Å². The van der Waals surface area contributed by atoms with Crippen molar-refractivity contribution in [3.8, 4) is 11.5 Å². The van der Waals surface area contributed by atoms with Crippen LogP contribution >= 0.6 is 11.6 Å². The Morgan fingerprint density at radius 3 is 2.29 bits per heavy atom. The van der Waals surface area contributed by atoms with Gasteiger partial charge < -0.3 is 15.3 Å². The van der Waals surface area contributed by atoms with E-state index in [-0.39, 0.29) is 23.5 Å². The molecule has 1 aliphatic carbocycles. The van der Waals surface area contributed by atoms with Crippen LogP contribution in [0.2, 0.25) is 5.02 Å². The molecule has 1 saturated carbocycles. The van der Waals surface area contributed by atoms with Crippen molar-refractivity contribution in [2.24, 2.45) is 0 Å². The van der Waals surface area contributed by atoms with Gasteiger partial charge >= 0.3 is 0 Å². The van der Waals surface area contributed by atoms with Crippen molar-refractivity contribution in [1.82, 2.24) is 0 Å². The summed E-state index contributed by atoms with van der Waals surface area (Å²) >= 11 is 5.92. The predicted molar refractivity (Wildman–Crippen MR) is 52.8 cm³/mol. The van der Waals surface area contributed by atoms with Crippen LogP contribution in [0.1, 0.15) is 18.4 Å². The Bertz CT molecular complexity index is 372. The molecule has 14 heavy (non-hydrogen) atoms. The highest BCUT2D eigenvalue weighted by Gasteiger charge is 2.45. The molecule has 3 N–H and O–H groups in total. The number of phenolic OH excluding ortho intramolecular Hbond substituents is 2. The lowest BCUT2D eigenvalue weighted by Gasteiger charge is -2.14. The second-order valence-corrected chi connectivity index (χ2v) is 4.17. The first kappa shape index (κ1) is 9.62. The number of aromatic hydroxyl groups is 2. The van der Waals surface area contributed by atoms with Gasteiger partial charge in [0, 0.05) is 16.5 Å². The monoisotopic (exact) mass is 214 g/mol. The van der Waals surface area contributed by atoms with Gasteiger partial charge in [-0.25, -0.2) is 0 Å². The first-order valence-electron chi connectivity index (χ1n) is 4.42. The summed E-state index contributed by atoms with van der Waals surface area (Å²) in [5, 5.41) is 28.1. The zero-order chi connectivity index (χ0) is 10.3. The van der Waals surface area contributed by atoms with Crippen molar-refractivity contribution < 1.29 is 15.3 Å². The smallest absolute Gasteiger partial charge is 0.158 e. The highest BCUT2D eigenvalue weighted by molar-refractivity contribution is 6.31. The van der Waals surface area contributed by atoms with Crippen LogP contribution in [-0.4, -0.2) is 21.9 Å². The lowest BCUT2D eigenvalue weighted by molar-refractivity contribution is 0.254. The Labute approximate surface area is 86.6 Å². The lowest BCUT2D eigenvalue weighted by Crippen LogP contribution is -2.12. The van der Waals surface area contributed by atoms with Gasteiger partial charge in [0.15, 0.2) is 11.5 Å². The molecule has 0 spiro atoms. The molecule has 3 nitrogen and oxygen atoms in total. The molecule has 0 heterocycles. The molecule has 76 valence electrons. The summed E-state index contributed by atoms with van der Waals surface area (Å²) in [5.74, 6) is -0.420. The Balaban J connectivity index is 2.49. The molecule has 1 aliphatic rings. The predicted octanol–water partition coefficient (Wildman–Crippen LogP) is 1.78. The molecule has 0 bridgehead atoms. The van der Waals surface area contributed by atoms with Crippen LogP contribution in [0.4, 0.5) is 0 Å². The fraction of sp³-hybridized carbons (Fsp3) is 0.400. The summed E-state index contributed by atoms with van der Waals surface area (Å²) in [7, 11) is 0. The van der Waals surface area contributed by atoms with E-state index in [0.29, 0.717) is 5.02 Å². The number of aliphatic hydroxyl groups is 1. The fourth-order valence-corrected chi connectivity index (χ4v) is 1.98. The average Bonchev–Trinajstić information content (AvgIpc) is 2.92. The third-order valence-corrected chi connectivity index (χ3v) is 3.10. The second-order valence-electron chi connectivity index (χ2n) is 3.76. The van der Waals surface area contributed by atoms with Gasteiger partial charge in [-0.15, -0.1) is 0 Å². The van der Waals surface area contributed by atoms with E-state index in [1.807, 2.05) is 0 Å². The molecule has 0 aromatic heterocycles. The second kappa shape index (κ2) is 3.04. The first-order chi connectivity index (χ1) is 6.59. The molecule has 1 aromatic rings. The normalized spacial score (nSPS) is 18.1. The van der Waals surface area contributed by atoms with Crippen molar-refractivity contribution in [2.75, 3.05) is 6.61 Å². The quantitative estimate of drug-likeness (QED) is 0.658. The Kier molecular flexibility index (Phi) is 2.09. The van der Waals surface area contributed by atoms with Crippen molar-refractivity contribution >= 4 is 11.6 Å². The molecule has 4 heteroatoms. The lowest BCUT2D eigenvalue weighted by atomic mass is 9.96. The highest BCUT2D eigenvalue weighted by atomic mass is 35.5. The molecular weight excluding hydrogens is 204 g/mol. The summed E-state index contributed by atoms with van der Waals surface area (Å²) in [6, 6.07) is 2.74. The average molecular weight is 215 g/mol. The van der Waals surface area contributed by atoms with Crippen molar-refractivity contribution in [3.05, 3.63) is 22.7 Å². The SMILES string of the molecule is OCC1(c2cc(O)c(O)cc2Cl)CC1. The Morgan fingerprint density at radius 2 is 1.79 bits per heavy atom. The van der Waals surface area contributed by atoms with Crippen LogP contribution in [0.5, 0.6) is 11.5 Å². The minimum Gasteiger partial charge on any atom is -0.504 e. The van der Waals surface area contributed by atoms with E-state index < -0.39 is 0 Å². The van der Waals surface area contributed by atoms with Crippen LogP contribution in [0, 0.1) is 0 Å². The third-order valence-electron chi connectivity index (χ3n) is 2.79. The van der Waals surface area contributed by atoms with Crippen LogP contribution < -0.4 is 0 Å². The number of hydrogen-bond donors (Lipinski definition) is 3. The number of aliphatic hydroxyl groups excluding tert-OH is 1. The van der Waals surface area contributed by atoms with Crippen molar-refractivity contribution in [1.29, 1.82) is 0 Å². The van der Waals surface area contributed by atoms with Gasteiger partial charge in [0.05, 0.1) is 6.61 Å². The van der Waals surface area contributed by atoms with Gasteiger partial charge in [0.2, 0.25) is 0 Å². The maximum absolute atomic E-state index is 9.32. The highest BCUT2D eigenvalue weighted by Crippen LogP contribution is 2.51. The van der Waals surface area contributed by atoms with E-state index in [0.717, 1.165) is 18.4 Å². The molecule has 0 atom stereocenters. The topological polar surface area (TPSA) is 60.7 Å². The van der Waals surface area contributed by atoms with Gasteiger partial charge in [0.25, 0.3) is 0 Å². The Hall–Kier alpha value is -0.930. The van der Waals surface area contributed by atoms with Gasteiger partial charge in [-0.3, -0.25) is 0 Å². The summed E-state index contributed by atoms with van der Waals surface area (Å²) < 4.78 is 0. The minimum atomic E-state index is -0.289. The molecule has 0 aliphatic heterocycles. The summed E-state index contributed by atoms with van der Waals surface area (Å²) in [5.41, 5.74) is 0.430. The van der Waals surface area contributed by atoms with E-state index in [2.05, 4.69) is 0 Å². The van der Waals surface area contributed by atoms with E-state index in [9.17, 15) is 15.3 Å². The molecule has 0 unspecified atom stereocenters. The third kappa shape index (κ3) is 1.33. The van der Waals surface area contributed by atoms with Gasteiger partial charge in [-0.05, 0) is 24.5 Å². The van der Waals surface area contributed by atoms with Crippen LogP contribution in [0.3, 0.4) is 0 Å². The first-order valence-corrected chi connectivity index (χ1v) is 4.80. The Morgan fingerprint density at radius 1 is 1.21 bits per heavy atom.